The molecule has 0 aliphatic carbocycles. The lowest BCUT2D eigenvalue weighted by Gasteiger charge is -2.26. The summed E-state index contributed by atoms with van der Waals surface area (Å²) in [4.78, 5) is 14.6. The Hall–Kier alpha value is -1.84. The van der Waals surface area contributed by atoms with E-state index in [1.807, 2.05) is 73.5 Å². The first kappa shape index (κ1) is 16.5. The van der Waals surface area contributed by atoms with Crippen molar-refractivity contribution in [1.29, 1.82) is 0 Å². The number of likely N-dealkylation sites (N-methyl/N-ethyl adjacent to an activating group) is 1. The molecule has 0 aromatic heterocycles. The van der Waals surface area contributed by atoms with E-state index in [-0.39, 0.29) is 11.9 Å². The minimum atomic E-state index is -0.279. The van der Waals surface area contributed by atoms with Gasteiger partial charge in [0.05, 0.1) is 0 Å². The van der Waals surface area contributed by atoms with E-state index in [0.29, 0.717) is 11.6 Å². The van der Waals surface area contributed by atoms with Crippen molar-refractivity contribution >= 4 is 17.5 Å². The zero-order valence-electron chi connectivity index (χ0n) is 12.9. The van der Waals surface area contributed by atoms with Crippen LogP contribution in [0.5, 0.6) is 0 Å². The highest BCUT2D eigenvalue weighted by molar-refractivity contribution is 6.30. The molecule has 2 aromatic rings. The van der Waals surface area contributed by atoms with Gasteiger partial charge in [0.25, 0.3) is 0 Å². The summed E-state index contributed by atoms with van der Waals surface area (Å²) >= 11 is 5.87. The van der Waals surface area contributed by atoms with Crippen molar-refractivity contribution in [2.45, 2.75) is 19.5 Å². The van der Waals surface area contributed by atoms with Gasteiger partial charge < -0.3 is 5.32 Å². The van der Waals surface area contributed by atoms with E-state index >= 15 is 0 Å². The fraction of sp³-hybridized carbons (Fsp3) is 0.278. The zero-order valence-corrected chi connectivity index (χ0v) is 13.7. The van der Waals surface area contributed by atoms with Gasteiger partial charge in [0.1, 0.15) is 6.04 Å². The molecule has 0 aliphatic rings. The van der Waals surface area contributed by atoms with E-state index in [1.165, 1.54) is 0 Å². The van der Waals surface area contributed by atoms with Crippen LogP contribution < -0.4 is 5.32 Å². The van der Waals surface area contributed by atoms with Crippen molar-refractivity contribution in [2.24, 2.45) is 0 Å². The molecule has 0 saturated heterocycles. The largest absolute Gasteiger partial charge is 0.350 e. The van der Waals surface area contributed by atoms with Gasteiger partial charge >= 0.3 is 0 Å². The van der Waals surface area contributed by atoms with Gasteiger partial charge in [0.15, 0.2) is 0 Å². The number of carbonyl (C=O) groups excluding carboxylic acids is 1. The van der Waals surface area contributed by atoms with Gasteiger partial charge in [-0.15, -0.1) is 0 Å². The first-order valence-electron chi connectivity index (χ1n) is 7.39. The number of rotatable bonds is 6. The van der Waals surface area contributed by atoms with E-state index in [0.717, 1.165) is 17.7 Å². The SMILES string of the molecule is CCN(C)[C@H](C(=O)NCc1ccc(Cl)cc1)c1ccccc1. The van der Waals surface area contributed by atoms with Crippen LogP contribution >= 0.6 is 11.6 Å². The van der Waals surface area contributed by atoms with Crippen molar-refractivity contribution < 1.29 is 4.79 Å². The maximum absolute atomic E-state index is 12.6. The minimum Gasteiger partial charge on any atom is -0.350 e. The number of hydrogen-bond acceptors (Lipinski definition) is 2. The van der Waals surface area contributed by atoms with Crippen LogP contribution in [0.3, 0.4) is 0 Å². The molecule has 116 valence electrons. The Morgan fingerprint density at radius 1 is 1.14 bits per heavy atom. The third-order valence-corrected chi connectivity index (χ3v) is 3.94. The molecule has 1 atom stereocenters. The van der Waals surface area contributed by atoms with Crippen molar-refractivity contribution in [3.8, 4) is 0 Å². The lowest BCUT2D eigenvalue weighted by Crippen LogP contribution is -2.38. The maximum atomic E-state index is 12.6. The highest BCUT2D eigenvalue weighted by atomic mass is 35.5. The standard InChI is InChI=1S/C18H21ClN2O/c1-3-21(2)17(15-7-5-4-6-8-15)18(22)20-13-14-9-11-16(19)12-10-14/h4-12,17H,3,13H2,1-2H3,(H,20,22)/t17-/m0/s1. The summed E-state index contributed by atoms with van der Waals surface area (Å²) in [5.41, 5.74) is 2.03. The number of halogens is 1. The molecule has 1 N–H and O–H groups in total. The lowest BCUT2D eigenvalue weighted by molar-refractivity contribution is -0.126. The molecule has 0 unspecified atom stereocenters. The van der Waals surface area contributed by atoms with Crippen LogP contribution in [0.1, 0.15) is 24.1 Å². The molecular formula is C18H21ClN2O. The fourth-order valence-corrected chi connectivity index (χ4v) is 2.44. The second-order valence-electron chi connectivity index (χ2n) is 5.23. The Balaban J connectivity index is 2.07. The van der Waals surface area contributed by atoms with E-state index < -0.39 is 0 Å². The number of hydrogen-bond donors (Lipinski definition) is 1. The van der Waals surface area contributed by atoms with Crippen molar-refractivity contribution in [1.82, 2.24) is 10.2 Å². The molecular weight excluding hydrogens is 296 g/mol. The average Bonchev–Trinajstić information content (AvgIpc) is 2.55. The summed E-state index contributed by atoms with van der Waals surface area (Å²) < 4.78 is 0. The van der Waals surface area contributed by atoms with Crippen LogP contribution in [0.15, 0.2) is 54.6 Å². The number of nitrogens with one attached hydrogen (secondary N) is 1. The van der Waals surface area contributed by atoms with Gasteiger partial charge in [-0.25, -0.2) is 0 Å². The van der Waals surface area contributed by atoms with E-state index in [2.05, 4.69) is 5.32 Å². The molecule has 0 aliphatic heterocycles. The fourth-order valence-electron chi connectivity index (χ4n) is 2.31. The monoisotopic (exact) mass is 316 g/mol. The van der Waals surface area contributed by atoms with E-state index in [1.54, 1.807) is 0 Å². The van der Waals surface area contributed by atoms with Crippen LogP contribution in [0.2, 0.25) is 5.02 Å². The van der Waals surface area contributed by atoms with Crippen LogP contribution in [0.4, 0.5) is 0 Å². The number of amides is 1. The molecule has 0 saturated carbocycles. The van der Waals surface area contributed by atoms with Gasteiger partial charge in [-0.05, 0) is 36.9 Å². The lowest BCUT2D eigenvalue weighted by atomic mass is 10.0. The van der Waals surface area contributed by atoms with Crippen molar-refractivity contribution in [3.63, 3.8) is 0 Å². The van der Waals surface area contributed by atoms with Gasteiger partial charge in [0, 0.05) is 11.6 Å². The molecule has 0 heterocycles. The molecule has 1 amide bonds. The predicted octanol–water partition coefficient (Wildman–Crippen LogP) is 3.65. The summed E-state index contributed by atoms with van der Waals surface area (Å²) in [5, 5.41) is 3.71. The quantitative estimate of drug-likeness (QED) is 0.882. The van der Waals surface area contributed by atoms with Crippen molar-refractivity contribution in [3.05, 3.63) is 70.7 Å². The molecule has 0 spiro atoms. The third-order valence-electron chi connectivity index (χ3n) is 3.68. The van der Waals surface area contributed by atoms with Gasteiger partial charge in [-0.2, -0.15) is 0 Å². The number of nitrogens with zero attached hydrogens (tertiary/aromatic N) is 1. The Bertz CT molecular complexity index is 598. The first-order valence-corrected chi connectivity index (χ1v) is 7.77. The molecule has 2 aromatic carbocycles. The topological polar surface area (TPSA) is 32.3 Å². The van der Waals surface area contributed by atoms with Gasteiger partial charge in [0.2, 0.25) is 5.91 Å². The minimum absolute atomic E-state index is 0.00509. The summed E-state index contributed by atoms with van der Waals surface area (Å²) in [7, 11) is 1.96. The zero-order chi connectivity index (χ0) is 15.9. The molecule has 22 heavy (non-hydrogen) atoms. The number of benzene rings is 2. The van der Waals surface area contributed by atoms with Gasteiger partial charge in [-0.3, -0.25) is 9.69 Å². The average molecular weight is 317 g/mol. The molecule has 4 heteroatoms. The Morgan fingerprint density at radius 2 is 1.77 bits per heavy atom. The normalized spacial score (nSPS) is 12.2. The van der Waals surface area contributed by atoms with Crippen LogP contribution in [0, 0.1) is 0 Å². The first-order chi connectivity index (χ1) is 10.6. The number of carbonyl (C=O) groups is 1. The highest BCUT2D eigenvalue weighted by Gasteiger charge is 2.23. The summed E-state index contributed by atoms with van der Waals surface area (Å²) in [6, 6.07) is 17.1. The maximum Gasteiger partial charge on any atom is 0.242 e. The molecule has 0 fully saturated rings. The van der Waals surface area contributed by atoms with Crippen LogP contribution in [-0.2, 0) is 11.3 Å². The van der Waals surface area contributed by atoms with Gasteiger partial charge in [-0.1, -0.05) is 61.0 Å². The molecule has 0 radical (unpaired) electrons. The summed E-state index contributed by atoms with van der Waals surface area (Å²) in [5.74, 6) is 0.00509. The summed E-state index contributed by atoms with van der Waals surface area (Å²) in [6.45, 7) is 3.34. The van der Waals surface area contributed by atoms with Crippen molar-refractivity contribution in [2.75, 3.05) is 13.6 Å². The Morgan fingerprint density at radius 3 is 2.36 bits per heavy atom. The second kappa shape index (κ2) is 7.97. The summed E-state index contributed by atoms with van der Waals surface area (Å²) in [6.07, 6.45) is 0. The second-order valence-corrected chi connectivity index (χ2v) is 5.67. The van der Waals surface area contributed by atoms with E-state index in [4.69, 9.17) is 11.6 Å². The van der Waals surface area contributed by atoms with Crippen LogP contribution in [-0.4, -0.2) is 24.4 Å². The Kier molecular flexibility index (Phi) is 5.99. The highest BCUT2D eigenvalue weighted by Crippen LogP contribution is 2.19. The van der Waals surface area contributed by atoms with E-state index in [9.17, 15) is 4.79 Å². The predicted molar refractivity (Wildman–Crippen MR) is 90.8 cm³/mol. The molecule has 3 nitrogen and oxygen atoms in total. The third kappa shape index (κ3) is 4.33. The van der Waals surface area contributed by atoms with Crippen LogP contribution in [0.25, 0.3) is 0 Å². The Labute approximate surface area is 136 Å². The molecule has 0 bridgehead atoms. The molecule has 2 rings (SSSR count). The smallest absolute Gasteiger partial charge is 0.242 e.